The number of carbonyl (C=O) groups excluding carboxylic acids is 2. The molecule has 2 aromatic rings. The molecule has 2 rings (SSSR count). The van der Waals surface area contributed by atoms with E-state index in [1.54, 1.807) is 32.3 Å². The summed E-state index contributed by atoms with van der Waals surface area (Å²) in [6.45, 7) is 0. The Morgan fingerprint density at radius 1 is 1.00 bits per heavy atom. The van der Waals surface area contributed by atoms with E-state index in [2.05, 4.69) is 11.8 Å². The van der Waals surface area contributed by atoms with Crippen LogP contribution in [0.3, 0.4) is 0 Å². The molecule has 3 heteroatoms. The SMILES string of the molecule is CN(C)C(=O)c1ccc(C#Cc2ccccc2)cc1C=O. The first-order valence-electron chi connectivity index (χ1n) is 6.50. The van der Waals surface area contributed by atoms with Gasteiger partial charge in [-0.05, 0) is 30.3 Å². The lowest BCUT2D eigenvalue weighted by Crippen LogP contribution is -2.23. The van der Waals surface area contributed by atoms with Gasteiger partial charge in [0.05, 0.1) is 5.56 Å². The predicted octanol–water partition coefficient (Wildman–Crippen LogP) is 2.60. The Kier molecular flexibility index (Phi) is 4.53. The molecule has 0 saturated heterocycles. The van der Waals surface area contributed by atoms with Crippen LogP contribution in [-0.4, -0.2) is 31.2 Å². The van der Waals surface area contributed by atoms with Crippen LogP contribution in [0.4, 0.5) is 0 Å². The third kappa shape index (κ3) is 3.58. The van der Waals surface area contributed by atoms with E-state index < -0.39 is 0 Å². The van der Waals surface area contributed by atoms with E-state index in [0.717, 1.165) is 5.56 Å². The van der Waals surface area contributed by atoms with Gasteiger partial charge in [0.25, 0.3) is 5.91 Å². The maximum absolute atomic E-state index is 11.9. The van der Waals surface area contributed by atoms with Crippen molar-refractivity contribution in [3.05, 3.63) is 70.8 Å². The molecular formula is C18H15NO2. The topological polar surface area (TPSA) is 37.4 Å². The molecule has 0 aliphatic carbocycles. The largest absolute Gasteiger partial charge is 0.345 e. The minimum Gasteiger partial charge on any atom is -0.345 e. The van der Waals surface area contributed by atoms with Crippen LogP contribution in [0, 0.1) is 11.8 Å². The lowest BCUT2D eigenvalue weighted by Gasteiger charge is -2.11. The summed E-state index contributed by atoms with van der Waals surface area (Å²) in [6, 6.07) is 14.6. The Hall–Kier alpha value is -2.86. The fourth-order valence-electron chi connectivity index (χ4n) is 1.84. The summed E-state index contributed by atoms with van der Waals surface area (Å²) in [5.74, 6) is 5.82. The van der Waals surface area contributed by atoms with Crippen LogP contribution in [0.1, 0.15) is 31.8 Å². The van der Waals surface area contributed by atoms with Crippen LogP contribution in [-0.2, 0) is 0 Å². The fourth-order valence-corrected chi connectivity index (χ4v) is 1.84. The van der Waals surface area contributed by atoms with Gasteiger partial charge in [0.2, 0.25) is 0 Å². The lowest BCUT2D eigenvalue weighted by atomic mass is 10.0. The van der Waals surface area contributed by atoms with Crippen molar-refractivity contribution < 1.29 is 9.59 Å². The minimum absolute atomic E-state index is 0.195. The highest BCUT2D eigenvalue weighted by atomic mass is 16.2. The average Bonchev–Trinajstić information content (AvgIpc) is 2.52. The van der Waals surface area contributed by atoms with Crippen LogP contribution >= 0.6 is 0 Å². The normalized spacial score (nSPS) is 9.43. The Bertz CT molecular complexity index is 722. The maximum Gasteiger partial charge on any atom is 0.254 e. The van der Waals surface area contributed by atoms with E-state index in [0.29, 0.717) is 23.0 Å². The number of hydrogen-bond acceptors (Lipinski definition) is 2. The van der Waals surface area contributed by atoms with Gasteiger partial charge in [0.15, 0.2) is 6.29 Å². The van der Waals surface area contributed by atoms with Crippen LogP contribution < -0.4 is 0 Å². The molecule has 104 valence electrons. The minimum atomic E-state index is -0.195. The summed E-state index contributed by atoms with van der Waals surface area (Å²) in [6.07, 6.45) is 0.685. The summed E-state index contributed by atoms with van der Waals surface area (Å²) in [7, 11) is 3.31. The Labute approximate surface area is 124 Å². The molecule has 0 aromatic heterocycles. The second-order valence-corrected chi connectivity index (χ2v) is 4.74. The zero-order chi connectivity index (χ0) is 15.2. The number of benzene rings is 2. The zero-order valence-corrected chi connectivity index (χ0v) is 12.0. The van der Waals surface area contributed by atoms with E-state index >= 15 is 0 Å². The summed E-state index contributed by atoms with van der Waals surface area (Å²) in [5, 5.41) is 0. The van der Waals surface area contributed by atoms with E-state index in [9.17, 15) is 9.59 Å². The van der Waals surface area contributed by atoms with E-state index in [1.807, 2.05) is 30.3 Å². The molecule has 0 radical (unpaired) electrons. The van der Waals surface area contributed by atoms with Gasteiger partial charge >= 0.3 is 0 Å². The van der Waals surface area contributed by atoms with Gasteiger partial charge in [-0.25, -0.2) is 0 Å². The highest BCUT2D eigenvalue weighted by Gasteiger charge is 2.12. The first-order valence-corrected chi connectivity index (χ1v) is 6.50. The predicted molar refractivity (Wildman–Crippen MR) is 82.3 cm³/mol. The molecule has 0 aliphatic heterocycles. The van der Waals surface area contributed by atoms with Crippen molar-refractivity contribution in [2.24, 2.45) is 0 Å². The summed E-state index contributed by atoms with van der Waals surface area (Å²) in [5.41, 5.74) is 2.35. The maximum atomic E-state index is 11.9. The van der Waals surface area contributed by atoms with Crippen LogP contribution in [0.25, 0.3) is 0 Å². The summed E-state index contributed by atoms with van der Waals surface area (Å²) >= 11 is 0. The molecule has 2 aromatic carbocycles. The fraction of sp³-hybridized carbons (Fsp3) is 0.111. The van der Waals surface area contributed by atoms with E-state index in [4.69, 9.17) is 0 Å². The molecule has 0 spiro atoms. The molecule has 0 saturated carbocycles. The Morgan fingerprint density at radius 3 is 2.29 bits per heavy atom. The van der Waals surface area contributed by atoms with Crippen molar-refractivity contribution in [1.29, 1.82) is 0 Å². The van der Waals surface area contributed by atoms with Crippen molar-refractivity contribution in [1.82, 2.24) is 4.90 Å². The number of nitrogens with zero attached hydrogens (tertiary/aromatic N) is 1. The number of amides is 1. The molecule has 1 amide bonds. The molecule has 21 heavy (non-hydrogen) atoms. The highest BCUT2D eigenvalue weighted by molar-refractivity contribution is 6.01. The summed E-state index contributed by atoms with van der Waals surface area (Å²) < 4.78 is 0. The third-order valence-electron chi connectivity index (χ3n) is 2.94. The molecule has 0 unspecified atom stereocenters. The lowest BCUT2D eigenvalue weighted by molar-refractivity contribution is 0.0824. The van der Waals surface area contributed by atoms with Crippen molar-refractivity contribution in [2.75, 3.05) is 14.1 Å². The van der Waals surface area contributed by atoms with Gasteiger partial charge in [0.1, 0.15) is 0 Å². The third-order valence-corrected chi connectivity index (χ3v) is 2.94. The van der Waals surface area contributed by atoms with Gasteiger partial charge in [-0.1, -0.05) is 30.0 Å². The zero-order valence-electron chi connectivity index (χ0n) is 12.0. The number of aldehydes is 1. The standard InChI is InChI=1S/C18H15NO2/c1-19(2)18(21)17-11-10-15(12-16(17)13-20)9-8-14-6-4-3-5-7-14/h3-7,10-13H,1-2H3. The molecule has 0 atom stereocenters. The van der Waals surface area contributed by atoms with Crippen molar-refractivity contribution >= 4 is 12.2 Å². The van der Waals surface area contributed by atoms with Crippen LogP contribution in [0.15, 0.2) is 48.5 Å². The number of rotatable bonds is 2. The number of carbonyl (C=O) groups is 2. The Morgan fingerprint density at radius 2 is 1.67 bits per heavy atom. The van der Waals surface area contributed by atoms with Gasteiger partial charge in [-0.2, -0.15) is 0 Å². The monoisotopic (exact) mass is 277 g/mol. The quantitative estimate of drug-likeness (QED) is 0.625. The second kappa shape index (κ2) is 6.53. The van der Waals surface area contributed by atoms with Gasteiger partial charge < -0.3 is 4.90 Å². The van der Waals surface area contributed by atoms with Gasteiger partial charge in [0, 0.05) is 30.8 Å². The molecule has 0 heterocycles. The molecule has 0 bridgehead atoms. The van der Waals surface area contributed by atoms with Crippen molar-refractivity contribution in [3.8, 4) is 11.8 Å². The first kappa shape index (κ1) is 14.5. The van der Waals surface area contributed by atoms with Gasteiger partial charge in [-0.3, -0.25) is 9.59 Å². The van der Waals surface area contributed by atoms with Crippen LogP contribution in [0.5, 0.6) is 0 Å². The van der Waals surface area contributed by atoms with E-state index in [-0.39, 0.29) is 5.91 Å². The molecule has 0 fully saturated rings. The van der Waals surface area contributed by atoms with Crippen molar-refractivity contribution in [3.63, 3.8) is 0 Å². The molecule has 3 nitrogen and oxygen atoms in total. The van der Waals surface area contributed by atoms with Crippen molar-refractivity contribution in [2.45, 2.75) is 0 Å². The smallest absolute Gasteiger partial charge is 0.254 e. The first-order chi connectivity index (χ1) is 10.1. The molecule has 0 aliphatic rings. The Balaban J connectivity index is 2.34. The van der Waals surface area contributed by atoms with E-state index in [1.165, 1.54) is 4.90 Å². The molecule has 0 N–H and O–H groups in total. The van der Waals surface area contributed by atoms with Crippen LogP contribution in [0.2, 0.25) is 0 Å². The summed E-state index contributed by atoms with van der Waals surface area (Å²) in [4.78, 5) is 24.5. The van der Waals surface area contributed by atoms with Gasteiger partial charge in [-0.15, -0.1) is 0 Å². The second-order valence-electron chi connectivity index (χ2n) is 4.74. The highest BCUT2D eigenvalue weighted by Crippen LogP contribution is 2.12. The average molecular weight is 277 g/mol. The molecular weight excluding hydrogens is 262 g/mol. The number of hydrogen-bond donors (Lipinski definition) is 0.